The molecular formula is C14H22N2O3S. The van der Waals surface area contributed by atoms with Crippen LogP contribution in [-0.4, -0.2) is 39.1 Å². The van der Waals surface area contributed by atoms with Crippen molar-refractivity contribution in [2.75, 3.05) is 35.3 Å². The molecule has 2 N–H and O–H groups in total. The number of nitrogens with two attached hydrogens (primary N) is 1. The molecule has 5 nitrogen and oxygen atoms in total. The Morgan fingerprint density at radius 2 is 2.20 bits per heavy atom. The fourth-order valence-corrected chi connectivity index (χ4v) is 3.98. The van der Waals surface area contributed by atoms with Crippen LogP contribution >= 0.6 is 0 Å². The van der Waals surface area contributed by atoms with Crippen molar-refractivity contribution in [3.8, 4) is 5.75 Å². The quantitative estimate of drug-likeness (QED) is 0.856. The minimum Gasteiger partial charge on any atom is -0.491 e. The van der Waals surface area contributed by atoms with Gasteiger partial charge < -0.3 is 15.4 Å². The summed E-state index contributed by atoms with van der Waals surface area (Å²) >= 11 is 0. The van der Waals surface area contributed by atoms with Crippen LogP contribution in [0.1, 0.15) is 20.3 Å². The van der Waals surface area contributed by atoms with Crippen molar-refractivity contribution >= 4 is 21.2 Å². The summed E-state index contributed by atoms with van der Waals surface area (Å²) in [6, 6.07) is 5.61. The van der Waals surface area contributed by atoms with Gasteiger partial charge in [0.2, 0.25) is 0 Å². The minimum atomic E-state index is -2.90. The van der Waals surface area contributed by atoms with Gasteiger partial charge in [-0.3, -0.25) is 0 Å². The molecule has 1 aromatic rings. The molecule has 1 fully saturated rings. The Hall–Kier alpha value is -1.43. The largest absolute Gasteiger partial charge is 0.491 e. The Kier molecular flexibility index (Phi) is 4.42. The van der Waals surface area contributed by atoms with E-state index in [-0.39, 0.29) is 17.5 Å². The molecule has 0 saturated carbocycles. The zero-order valence-electron chi connectivity index (χ0n) is 12.0. The monoisotopic (exact) mass is 298 g/mol. The maximum atomic E-state index is 11.6. The van der Waals surface area contributed by atoms with Crippen LogP contribution in [0.2, 0.25) is 0 Å². The van der Waals surface area contributed by atoms with Crippen molar-refractivity contribution in [2.45, 2.75) is 26.3 Å². The first-order valence-electron chi connectivity index (χ1n) is 6.92. The normalized spacial score (nSPS) is 21.7. The Morgan fingerprint density at radius 3 is 2.85 bits per heavy atom. The molecule has 2 rings (SSSR count). The molecule has 0 amide bonds. The third-order valence-electron chi connectivity index (χ3n) is 3.46. The van der Waals surface area contributed by atoms with Gasteiger partial charge in [0.15, 0.2) is 9.84 Å². The highest BCUT2D eigenvalue weighted by Gasteiger charge is 2.28. The van der Waals surface area contributed by atoms with Gasteiger partial charge in [0, 0.05) is 24.3 Å². The second-order valence-electron chi connectivity index (χ2n) is 5.23. The predicted molar refractivity (Wildman–Crippen MR) is 82.1 cm³/mol. The molecule has 1 aliphatic rings. The van der Waals surface area contributed by atoms with Gasteiger partial charge in [-0.2, -0.15) is 0 Å². The first-order chi connectivity index (χ1) is 9.43. The highest BCUT2D eigenvalue weighted by molar-refractivity contribution is 7.91. The standard InChI is InChI=1S/C14H22N2O3S/c1-3-7-19-14-9-12(4-5-13(14)15)16-6-8-20(17,18)10-11(16)2/h4-5,9,11H,3,6-8,10,15H2,1-2H3. The molecule has 0 bridgehead atoms. The molecule has 1 saturated heterocycles. The zero-order valence-corrected chi connectivity index (χ0v) is 12.8. The summed E-state index contributed by atoms with van der Waals surface area (Å²) in [5.74, 6) is 1.07. The summed E-state index contributed by atoms with van der Waals surface area (Å²) in [4.78, 5) is 2.10. The zero-order chi connectivity index (χ0) is 14.8. The highest BCUT2D eigenvalue weighted by atomic mass is 32.2. The van der Waals surface area contributed by atoms with E-state index in [2.05, 4.69) is 4.90 Å². The molecular weight excluding hydrogens is 276 g/mol. The average molecular weight is 298 g/mol. The number of nitrogen functional groups attached to an aromatic ring is 1. The number of hydrogen-bond donors (Lipinski definition) is 1. The molecule has 20 heavy (non-hydrogen) atoms. The Balaban J connectivity index is 2.20. The van der Waals surface area contributed by atoms with Crippen LogP contribution in [0.5, 0.6) is 5.75 Å². The highest BCUT2D eigenvalue weighted by Crippen LogP contribution is 2.30. The molecule has 0 radical (unpaired) electrons. The van der Waals surface area contributed by atoms with Gasteiger partial charge in [-0.15, -0.1) is 0 Å². The van der Waals surface area contributed by atoms with Crippen LogP contribution in [0.4, 0.5) is 11.4 Å². The molecule has 1 aromatic carbocycles. The number of ether oxygens (including phenoxy) is 1. The molecule has 0 spiro atoms. The van der Waals surface area contributed by atoms with Crippen molar-refractivity contribution in [3.05, 3.63) is 18.2 Å². The fraction of sp³-hybridized carbons (Fsp3) is 0.571. The van der Waals surface area contributed by atoms with Crippen LogP contribution in [0.25, 0.3) is 0 Å². The third kappa shape index (κ3) is 3.36. The SMILES string of the molecule is CCCOc1cc(N2CCS(=O)(=O)CC2C)ccc1N. The predicted octanol–water partition coefficient (Wildman–Crippen LogP) is 1.68. The molecule has 1 atom stereocenters. The molecule has 1 heterocycles. The van der Waals surface area contributed by atoms with Crippen molar-refractivity contribution < 1.29 is 13.2 Å². The van der Waals surface area contributed by atoms with Crippen LogP contribution < -0.4 is 15.4 Å². The Labute approximate surface area is 120 Å². The lowest BCUT2D eigenvalue weighted by Crippen LogP contribution is -2.47. The Bertz CT molecular complexity index is 572. The number of rotatable bonds is 4. The van der Waals surface area contributed by atoms with Gasteiger partial charge >= 0.3 is 0 Å². The maximum Gasteiger partial charge on any atom is 0.154 e. The molecule has 1 aliphatic heterocycles. The number of anilines is 2. The summed E-state index contributed by atoms with van der Waals surface area (Å²) in [6.45, 7) is 5.11. The molecule has 6 heteroatoms. The summed E-state index contributed by atoms with van der Waals surface area (Å²) in [6.07, 6.45) is 0.919. The number of hydrogen-bond acceptors (Lipinski definition) is 5. The fourth-order valence-electron chi connectivity index (χ4n) is 2.42. The summed E-state index contributed by atoms with van der Waals surface area (Å²) in [7, 11) is -2.90. The minimum absolute atomic E-state index is 0.0311. The smallest absolute Gasteiger partial charge is 0.154 e. The van der Waals surface area contributed by atoms with Gasteiger partial charge in [-0.25, -0.2) is 8.42 Å². The first kappa shape index (κ1) is 15.0. The van der Waals surface area contributed by atoms with Gasteiger partial charge in [0.1, 0.15) is 5.75 Å². The van der Waals surface area contributed by atoms with Crippen molar-refractivity contribution in [1.29, 1.82) is 0 Å². The van der Waals surface area contributed by atoms with E-state index in [0.717, 1.165) is 12.1 Å². The van der Waals surface area contributed by atoms with Crippen molar-refractivity contribution in [2.24, 2.45) is 0 Å². The number of sulfone groups is 1. The Morgan fingerprint density at radius 1 is 1.45 bits per heavy atom. The lowest BCUT2D eigenvalue weighted by molar-refractivity contribution is 0.319. The molecule has 0 aromatic heterocycles. The van der Waals surface area contributed by atoms with Crippen molar-refractivity contribution in [3.63, 3.8) is 0 Å². The second kappa shape index (κ2) is 5.91. The molecule has 0 aliphatic carbocycles. The molecule has 1 unspecified atom stereocenters. The van der Waals surface area contributed by atoms with E-state index < -0.39 is 9.84 Å². The average Bonchev–Trinajstić information content (AvgIpc) is 2.37. The van der Waals surface area contributed by atoms with Crippen LogP contribution in [0.15, 0.2) is 18.2 Å². The summed E-state index contributed by atoms with van der Waals surface area (Å²) in [5, 5.41) is 0. The van der Waals surface area contributed by atoms with Gasteiger partial charge in [-0.1, -0.05) is 6.92 Å². The van der Waals surface area contributed by atoms with Crippen LogP contribution in [0, 0.1) is 0 Å². The number of benzene rings is 1. The van der Waals surface area contributed by atoms with Crippen molar-refractivity contribution in [1.82, 2.24) is 0 Å². The van der Waals surface area contributed by atoms with Gasteiger partial charge in [-0.05, 0) is 25.5 Å². The van der Waals surface area contributed by atoms with E-state index in [1.165, 1.54) is 0 Å². The van der Waals surface area contributed by atoms with E-state index in [0.29, 0.717) is 24.6 Å². The maximum absolute atomic E-state index is 11.6. The van der Waals surface area contributed by atoms with Crippen LogP contribution in [-0.2, 0) is 9.84 Å². The lowest BCUT2D eigenvalue weighted by Gasteiger charge is -2.35. The molecule has 112 valence electrons. The summed E-state index contributed by atoms with van der Waals surface area (Å²) in [5.41, 5.74) is 7.47. The van der Waals surface area contributed by atoms with E-state index in [1.807, 2.05) is 32.0 Å². The van der Waals surface area contributed by atoms with E-state index >= 15 is 0 Å². The second-order valence-corrected chi connectivity index (χ2v) is 7.46. The third-order valence-corrected chi connectivity index (χ3v) is 5.26. The van der Waals surface area contributed by atoms with Gasteiger partial charge in [0.05, 0.1) is 23.8 Å². The van der Waals surface area contributed by atoms with E-state index in [4.69, 9.17) is 10.5 Å². The van der Waals surface area contributed by atoms with E-state index in [1.54, 1.807) is 0 Å². The summed E-state index contributed by atoms with van der Waals surface area (Å²) < 4.78 is 28.9. The van der Waals surface area contributed by atoms with E-state index in [9.17, 15) is 8.42 Å². The topological polar surface area (TPSA) is 72.6 Å². The van der Waals surface area contributed by atoms with Gasteiger partial charge in [0.25, 0.3) is 0 Å². The first-order valence-corrected chi connectivity index (χ1v) is 8.74. The van der Waals surface area contributed by atoms with Crippen LogP contribution in [0.3, 0.4) is 0 Å². The number of nitrogens with zero attached hydrogens (tertiary/aromatic N) is 1. The lowest BCUT2D eigenvalue weighted by atomic mass is 10.2.